The third-order valence-electron chi connectivity index (χ3n) is 2.34. The van der Waals surface area contributed by atoms with E-state index < -0.39 is 0 Å². The maximum absolute atomic E-state index is 4.36. The maximum atomic E-state index is 4.36. The number of hydrogen-bond acceptors (Lipinski definition) is 1. The molecule has 0 saturated carbocycles. The molecule has 0 aromatic carbocycles. The van der Waals surface area contributed by atoms with Crippen molar-refractivity contribution in [2.24, 2.45) is 0 Å². The highest BCUT2D eigenvalue weighted by atomic mass is 15.1. The number of aromatic amines is 1. The average molecular weight is 180 g/mol. The summed E-state index contributed by atoms with van der Waals surface area (Å²) >= 11 is 0. The Kier molecular flexibility index (Phi) is 2.51. The molecule has 1 rings (SSSR count). The van der Waals surface area contributed by atoms with Crippen molar-refractivity contribution in [2.45, 2.75) is 52.9 Å². The van der Waals surface area contributed by atoms with Crippen molar-refractivity contribution in [3.05, 3.63) is 17.0 Å². The van der Waals surface area contributed by atoms with E-state index in [4.69, 9.17) is 0 Å². The maximum Gasteiger partial charge on any atom is 0.0679 e. The van der Waals surface area contributed by atoms with Crippen molar-refractivity contribution in [2.75, 3.05) is 0 Å². The Bertz CT molecular complexity index is 290. The quantitative estimate of drug-likeness (QED) is 0.706. The molecule has 1 aromatic heterocycles. The van der Waals surface area contributed by atoms with E-state index in [1.54, 1.807) is 0 Å². The lowest BCUT2D eigenvalue weighted by Crippen LogP contribution is -2.13. The molecule has 0 aliphatic heterocycles. The van der Waals surface area contributed by atoms with Crippen LogP contribution < -0.4 is 0 Å². The molecular weight excluding hydrogens is 160 g/mol. The summed E-state index contributed by atoms with van der Waals surface area (Å²) in [6.45, 7) is 13.1. The van der Waals surface area contributed by atoms with Crippen LogP contribution in [0.5, 0.6) is 0 Å². The van der Waals surface area contributed by atoms with Gasteiger partial charge < -0.3 is 0 Å². The molecule has 13 heavy (non-hydrogen) atoms. The van der Waals surface area contributed by atoms with E-state index in [2.05, 4.69) is 51.7 Å². The van der Waals surface area contributed by atoms with E-state index in [9.17, 15) is 0 Å². The topological polar surface area (TPSA) is 28.7 Å². The second-order valence-corrected chi connectivity index (χ2v) is 5.01. The van der Waals surface area contributed by atoms with Gasteiger partial charge in [-0.25, -0.2) is 0 Å². The molecule has 1 aromatic rings. The molecule has 0 radical (unpaired) electrons. The zero-order chi connectivity index (χ0) is 10.2. The SMILES string of the molecule is Cc1c(C(C)C)n[nH]c1C(C)(C)C. The Balaban J connectivity index is 3.14. The molecule has 0 saturated heterocycles. The summed E-state index contributed by atoms with van der Waals surface area (Å²) in [7, 11) is 0. The van der Waals surface area contributed by atoms with Crippen LogP contribution in [0, 0.1) is 6.92 Å². The first-order valence-corrected chi connectivity index (χ1v) is 4.89. The highest BCUT2D eigenvalue weighted by Gasteiger charge is 2.21. The molecule has 0 spiro atoms. The second kappa shape index (κ2) is 3.17. The number of nitrogens with zero attached hydrogens (tertiary/aromatic N) is 1. The van der Waals surface area contributed by atoms with Crippen LogP contribution in [0.4, 0.5) is 0 Å². The van der Waals surface area contributed by atoms with E-state index in [1.165, 1.54) is 17.0 Å². The van der Waals surface area contributed by atoms with Crippen LogP contribution in [-0.2, 0) is 5.41 Å². The molecule has 0 unspecified atom stereocenters. The van der Waals surface area contributed by atoms with E-state index >= 15 is 0 Å². The lowest BCUT2D eigenvalue weighted by atomic mass is 9.88. The van der Waals surface area contributed by atoms with Gasteiger partial charge in [-0.1, -0.05) is 34.6 Å². The van der Waals surface area contributed by atoms with Gasteiger partial charge in [0.15, 0.2) is 0 Å². The van der Waals surface area contributed by atoms with Crippen LogP contribution in [-0.4, -0.2) is 10.2 Å². The van der Waals surface area contributed by atoms with Crippen LogP contribution in [0.1, 0.15) is 57.5 Å². The van der Waals surface area contributed by atoms with E-state index in [0.29, 0.717) is 5.92 Å². The van der Waals surface area contributed by atoms with Gasteiger partial charge in [0, 0.05) is 11.1 Å². The van der Waals surface area contributed by atoms with Crippen LogP contribution in [0.2, 0.25) is 0 Å². The first-order chi connectivity index (χ1) is 5.84. The first kappa shape index (κ1) is 10.3. The minimum atomic E-state index is 0.171. The summed E-state index contributed by atoms with van der Waals surface area (Å²) in [6.07, 6.45) is 0. The number of H-pyrrole nitrogens is 1. The molecule has 0 atom stereocenters. The molecule has 0 aliphatic carbocycles. The summed E-state index contributed by atoms with van der Waals surface area (Å²) in [5, 5.41) is 7.50. The molecular formula is C11H20N2. The smallest absolute Gasteiger partial charge is 0.0679 e. The molecule has 1 heterocycles. The van der Waals surface area contributed by atoms with Crippen molar-refractivity contribution in [1.82, 2.24) is 10.2 Å². The minimum absolute atomic E-state index is 0.171. The average Bonchev–Trinajstić information content (AvgIpc) is 2.28. The summed E-state index contributed by atoms with van der Waals surface area (Å²) in [5.41, 5.74) is 3.95. The van der Waals surface area contributed by atoms with Gasteiger partial charge in [-0.3, -0.25) is 5.10 Å². The van der Waals surface area contributed by atoms with Gasteiger partial charge in [0.05, 0.1) is 5.69 Å². The van der Waals surface area contributed by atoms with Gasteiger partial charge in [-0.15, -0.1) is 0 Å². The van der Waals surface area contributed by atoms with Crippen LogP contribution in [0.3, 0.4) is 0 Å². The number of nitrogens with one attached hydrogen (secondary N) is 1. The lowest BCUT2D eigenvalue weighted by molar-refractivity contribution is 0.563. The van der Waals surface area contributed by atoms with Crippen LogP contribution >= 0.6 is 0 Å². The highest BCUT2D eigenvalue weighted by Crippen LogP contribution is 2.27. The lowest BCUT2D eigenvalue weighted by Gasteiger charge is -2.17. The van der Waals surface area contributed by atoms with Gasteiger partial charge in [0.1, 0.15) is 0 Å². The van der Waals surface area contributed by atoms with Crippen molar-refractivity contribution < 1.29 is 0 Å². The highest BCUT2D eigenvalue weighted by molar-refractivity contribution is 5.30. The Morgan fingerprint density at radius 1 is 1.23 bits per heavy atom. The molecule has 0 aliphatic rings. The van der Waals surface area contributed by atoms with Gasteiger partial charge >= 0.3 is 0 Å². The standard InChI is InChI=1S/C11H20N2/c1-7(2)9-8(3)10(13-12-9)11(4,5)6/h7H,1-6H3,(H,12,13). The minimum Gasteiger partial charge on any atom is -0.281 e. The number of aromatic nitrogens is 2. The van der Waals surface area contributed by atoms with Crippen LogP contribution in [0.15, 0.2) is 0 Å². The van der Waals surface area contributed by atoms with Gasteiger partial charge in [0.25, 0.3) is 0 Å². The predicted molar refractivity (Wildman–Crippen MR) is 56.1 cm³/mol. The molecule has 2 nitrogen and oxygen atoms in total. The van der Waals surface area contributed by atoms with Crippen molar-refractivity contribution in [3.8, 4) is 0 Å². The summed E-state index contributed by atoms with van der Waals surface area (Å²) < 4.78 is 0. The van der Waals surface area contributed by atoms with E-state index in [0.717, 1.165) is 0 Å². The fraction of sp³-hybridized carbons (Fsp3) is 0.727. The summed E-state index contributed by atoms with van der Waals surface area (Å²) in [4.78, 5) is 0. The molecule has 0 fully saturated rings. The summed E-state index contributed by atoms with van der Waals surface area (Å²) in [5.74, 6) is 0.507. The van der Waals surface area contributed by atoms with Crippen molar-refractivity contribution in [1.29, 1.82) is 0 Å². The van der Waals surface area contributed by atoms with Gasteiger partial charge in [0.2, 0.25) is 0 Å². The Hall–Kier alpha value is -0.790. The number of rotatable bonds is 1. The van der Waals surface area contributed by atoms with E-state index in [1.807, 2.05) is 0 Å². The molecule has 1 N–H and O–H groups in total. The predicted octanol–water partition coefficient (Wildman–Crippen LogP) is 3.14. The third kappa shape index (κ3) is 1.93. The molecule has 74 valence electrons. The monoisotopic (exact) mass is 180 g/mol. The van der Waals surface area contributed by atoms with Gasteiger partial charge in [-0.05, 0) is 18.4 Å². The normalized spacial score (nSPS) is 12.5. The largest absolute Gasteiger partial charge is 0.281 e. The number of hydrogen-bond donors (Lipinski definition) is 1. The fourth-order valence-corrected chi connectivity index (χ4v) is 1.70. The first-order valence-electron chi connectivity index (χ1n) is 4.89. The van der Waals surface area contributed by atoms with Gasteiger partial charge in [-0.2, -0.15) is 5.10 Å². The molecule has 0 amide bonds. The molecule has 0 bridgehead atoms. The Morgan fingerprint density at radius 3 is 2.00 bits per heavy atom. The Labute approximate surface area is 80.7 Å². The molecule has 2 heteroatoms. The fourth-order valence-electron chi connectivity index (χ4n) is 1.70. The summed E-state index contributed by atoms with van der Waals surface area (Å²) in [6, 6.07) is 0. The zero-order valence-electron chi connectivity index (χ0n) is 9.52. The van der Waals surface area contributed by atoms with Crippen molar-refractivity contribution >= 4 is 0 Å². The Morgan fingerprint density at radius 2 is 1.77 bits per heavy atom. The third-order valence-corrected chi connectivity index (χ3v) is 2.34. The second-order valence-electron chi connectivity index (χ2n) is 5.01. The van der Waals surface area contributed by atoms with E-state index in [-0.39, 0.29) is 5.41 Å². The van der Waals surface area contributed by atoms with Crippen LogP contribution in [0.25, 0.3) is 0 Å². The van der Waals surface area contributed by atoms with Crippen molar-refractivity contribution in [3.63, 3.8) is 0 Å². The zero-order valence-corrected chi connectivity index (χ0v) is 9.52.